The Kier molecular flexibility index (Phi) is 5.23. The van der Waals surface area contributed by atoms with Crippen molar-refractivity contribution < 1.29 is 18.7 Å². The van der Waals surface area contributed by atoms with Crippen LogP contribution >= 0.6 is 0 Å². The zero-order chi connectivity index (χ0) is 18.8. The van der Waals surface area contributed by atoms with Gasteiger partial charge in [0.05, 0.1) is 25.9 Å². The summed E-state index contributed by atoms with van der Waals surface area (Å²) < 4.78 is 25.1. The summed E-state index contributed by atoms with van der Waals surface area (Å²) in [5.41, 5.74) is 1.43. The molecule has 0 amide bonds. The van der Waals surface area contributed by atoms with Gasteiger partial charge in [-0.05, 0) is 30.5 Å². The van der Waals surface area contributed by atoms with E-state index in [4.69, 9.17) is 9.47 Å². The molecule has 0 aliphatic carbocycles. The van der Waals surface area contributed by atoms with Crippen LogP contribution in [0.5, 0.6) is 5.75 Å². The molecule has 0 N–H and O–H groups in total. The Morgan fingerprint density at radius 3 is 2.48 bits per heavy atom. The Balaban J connectivity index is 1.50. The lowest BCUT2D eigenvalue weighted by Crippen LogP contribution is -2.57. The number of ether oxygens (including phenoxy) is 2. The average molecular weight is 369 g/mol. The van der Waals surface area contributed by atoms with Crippen LogP contribution in [0.3, 0.4) is 0 Å². The predicted octanol–water partition coefficient (Wildman–Crippen LogP) is 3.70. The van der Waals surface area contributed by atoms with E-state index in [1.807, 2.05) is 18.2 Å². The Bertz CT molecular complexity index is 796. The number of carbonyl (C=O) groups is 1. The molecule has 0 aromatic heterocycles. The number of fused-ring (bicyclic) bond motifs is 2. The molecular formula is C22H24FNO3. The number of nitrogens with zero attached hydrogens (tertiary/aromatic N) is 1. The summed E-state index contributed by atoms with van der Waals surface area (Å²) in [4.78, 5) is 15.4. The van der Waals surface area contributed by atoms with Gasteiger partial charge in [-0.3, -0.25) is 9.69 Å². The molecule has 5 heteroatoms. The smallest absolute Gasteiger partial charge is 0.169 e. The molecule has 2 saturated heterocycles. The summed E-state index contributed by atoms with van der Waals surface area (Å²) in [5, 5.41) is 0. The van der Waals surface area contributed by atoms with Crippen molar-refractivity contribution in [2.45, 2.75) is 31.5 Å². The second-order valence-electron chi connectivity index (χ2n) is 7.38. The number of carbonyl (C=O) groups excluding carboxylic acids is 1. The Morgan fingerprint density at radius 2 is 1.85 bits per heavy atom. The molecule has 27 heavy (non-hydrogen) atoms. The van der Waals surface area contributed by atoms with Crippen molar-refractivity contribution in [2.24, 2.45) is 5.92 Å². The lowest BCUT2D eigenvalue weighted by molar-refractivity contribution is -0.0873. The second kappa shape index (κ2) is 7.79. The number of hydrogen-bond acceptors (Lipinski definition) is 4. The first kappa shape index (κ1) is 18.1. The zero-order valence-corrected chi connectivity index (χ0v) is 15.4. The number of morpholine rings is 1. The van der Waals surface area contributed by atoms with Crippen LogP contribution in [0.15, 0.2) is 48.5 Å². The molecule has 2 aromatic carbocycles. The normalized spacial score (nSPS) is 25.2. The third-order valence-electron chi connectivity index (χ3n) is 5.69. The quantitative estimate of drug-likeness (QED) is 0.754. The molecule has 2 heterocycles. The number of halogens is 1. The van der Waals surface area contributed by atoms with Crippen LogP contribution in [0.25, 0.3) is 0 Å². The maximum absolute atomic E-state index is 14.4. The van der Waals surface area contributed by atoms with Gasteiger partial charge in [-0.15, -0.1) is 0 Å². The Hall–Kier alpha value is -2.24. The Labute approximate surface area is 158 Å². The molecule has 142 valence electrons. The van der Waals surface area contributed by atoms with Crippen LogP contribution in [0.1, 0.15) is 28.8 Å². The van der Waals surface area contributed by atoms with Crippen molar-refractivity contribution in [1.82, 2.24) is 4.90 Å². The molecular weight excluding hydrogens is 345 g/mol. The van der Waals surface area contributed by atoms with E-state index in [1.165, 1.54) is 18.7 Å². The van der Waals surface area contributed by atoms with Crippen LogP contribution in [0, 0.1) is 11.7 Å². The maximum Gasteiger partial charge on any atom is 0.169 e. The van der Waals surface area contributed by atoms with Gasteiger partial charge in [-0.2, -0.15) is 0 Å². The van der Waals surface area contributed by atoms with Gasteiger partial charge in [0.2, 0.25) is 0 Å². The number of rotatable bonds is 5. The fourth-order valence-electron chi connectivity index (χ4n) is 4.30. The fraction of sp³-hybridized carbons (Fsp3) is 0.409. The highest BCUT2D eigenvalue weighted by Crippen LogP contribution is 2.35. The minimum absolute atomic E-state index is 0.105. The molecule has 0 saturated carbocycles. The van der Waals surface area contributed by atoms with E-state index in [0.29, 0.717) is 31.8 Å². The predicted molar refractivity (Wildman–Crippen MR) is 100 cm³/mol. The van der Waals surface area contributed by atoms with Crippen molar-refractivity contribution in [3.8, 4) is 5.75 Å². The van der Waals surface area contributed by atoms with E-state index in [9.17, 15) is 9.18 Å². The summed E-state index contributed by atoms with van der Waals surface area (Å²) >= 11 is 0. The van der Waals surface area contributed by atoms with Crippen LogP contribution in [0.4, 0.5) is 4.39 Å². The molecule has 2 aromatic rings. The van der Waals surface area contributed by atoms with E-state index in [0.717, 1.165) is 6.54 Å². The third kappa shape index (κ3) is 3.75. The summed E-state index contributed by atoms with van der Waals surface area (Å²) in [6.45, 7) is 2.10. The third-order valence-corrected chi connectivity index (χ3v) is 5.69. The summed E-state index contributed by atoms with van der Waals surface area (Å²) in [5.74, 6) is -0.357. The summed E-state index contributed by atoms with van der Waals surface area (Å²) in [6.07, 6.45) is 1.40. The van der Waals surface area contributed by atoms with Gasteiger partial charge >= 0.3 is 0 Å². The zero-order valence-electron chi connectivity index (χ0n) is 15.4. The van der Waals surface area contributed by atoms with Crippen LogP contribution in [0.2, 0.25) is 0 Å². The fourth-order valence-corrected chi connectivity index (χ4v) is 4.30. The van der Waals surface area contributed by atoms with Gasteiger partial charge in [0.1, 0.15) is 11.6 Å². The van der Waals surface area contributed by atoms with Gasteiger partial charge in [-0.1, -0.05) is 30.3 Å². The molecule has 2 fully saturated rings. The van der Waals surface area contributed by atoms with Crippen molar-refractivity contribution in [2.75, 3.05) is 20.3 Å². The van der Waals surface area contributed by atoms with E-state index >= 15 is 0 Å². The van der Waals surface area contributed by atoms with Crippen LogP contribution < -0.4 is 4.74 Å². The number of methoxy groups -OCH3 is 1. The van der Waals surface area contributed by atoms with Crippen molar-refractivity contribution in [3.63, 3.8) is 0 Å². The number of benzene rings is 2. The summed E-state index contributed by atoms with van der Waals surface area (Å²) in [6, 6.07) is 15.2. The largest absolute Gasteiger partial charge is 0.497 e. The van der Waals surface area contributed by atoms with Gasteiger partial charge in [0, 0.05) is 30.6 Å². The topological polar surface area (TPSA) is 38.8 Å². The molecule has 4 nitrogen and oxygen atoms in total. The van der Waals surface area contributed by atoms with E-state index in [2.05, 4.69) is 17.0 Å². The van der Waals surface area contributed by atoms with Gasteiger partial charge < -0.3 is 9.47 Å². The minimum Gasteiger partial charge on any atom is -0.497 e. The molecule has 4 rings (SSSR count). The monoisotopic (exact) mass is 369 g/mol. The lowest BCUT2D eigenvalue weighted by Gasteiger charge is -2.48. The molecule has 0 spiro atoms. The van der Waals surface area contributed by atoms with Gasteiger partial charge in [-0.25, -0.2) is 4.39 Å². The van der Waals surface area contributed by atoms with Crippen LogP contribution in [-0.2, 0) is 11.3 Å². The molecule has 2 bridgehead atoms. The second-order valence-corrected chi connectivity index (χ2v) is 7.38. The van der Waals surface area contributed by atoms with Crippen molar-refractivity contribution in [1.29, 1.82) is 0 Å². The molecule has 0 radical (unpaired) electrons. The lowest BCUT2D eigenvalue weighted by atomic mass is 9.80. The number of ketones is 1. The highest BCUT2D eigenvalue weighted by Gasteiger charge is 2.41. The van der Waals surface area contributed by atoms with Crippen molar-refractivity contribution in [3.05, 3.63) is 65.5 Å². The van der Waals surface area contributed by atoms with Gasteiger partial charge in [0.15, 0.2) is 5.78 Å². The average Bonchev–Trinajstić information content (AvgIpc) is 2.68. The molecule has 2 aliphatic heterocycles. The minimum atomic E-state index is -0.507. The van der Waals surface area contributed by atoms with E-state index in [-0.39, 0.29) is 29.3 Å². The van der Waals surface area contributed by atoms with E-state index in [1.54, 1.807) is 12.1 Å². The maximum atomic E-state index is 14.4. The van der Waals surface area contributed by atoms with Crippen LogP contribution in [-0.4, -0.2) is 43.1 Å². The first-order valence-electron chi connectivity index (χ1n) is 9.41. The first-order valence-corrected chi connectivity index (χ1v) is 9.41. The molecule has 2 unspecified atom stereocenters. The van der Waals surface area contributed by atoms with Gasteiger partial charge in [0.25, 0.3) is 0 Å². The Morgan fingerprint density at radius 1 is 1.15 bits per heavy atom. The number of piperidine rings is 1. The highest BCUT2D eigenvalue weighted by molar-refractivity contribution is 5.98. The summed E-state index contributed by atoms with van der Waals surface area (Å²) in [7, 11) is 1.49. The number of Topliss-reactive ketones (excluding diaryl/α,β-unsaturated/α-hetero) is 1. The van der Waals surface area contributed by atoms with Crippen molar-refractivity contribution >= 4 is 5.78 Å². The highest BCUT2D eigenvalue weighted by atomic mass is 19.1. The van der Waals surface area contributed by atoms with E-state index < -0.39 is 5.82 Å². The SMILES string of the molecule is COc1ccc(C(=O)C2CC3COCC(C2)N3Cc2ccccc2)c(F)c1. The molecule has 2 atom stereocenters. The number of hydrogen-bond donors (Lipinski definition) is 0. The standard InChI is InChI=1S/C22H24FNO3/c1-26-19-7-8-20(21(23)11-19)22(25)16-9-17-13-27-14-18(10-16)24(17)12-15-5-3-2-4-6-15/h2-8,11,16-18H,9-10,12-14H2,1H3. The molecule has 2 aliphatic rings. The first-order chi connectivity index (χ1) is 13.2.